The molecule has 0 spiro atoms. The van der Waals surface area contributed by atoms with Crippen LogP contribution in [0.2, 0.25) is 0 Å². The summed E-state index contributed by atoms with van der Waals surface area (Å²) < 4.78 is 61.0. The maximum absolute atomic E-state index is 14.9. The number of carbonyl (C=O) groups is 1. The fraction of sp³-hybridized carbons (Fsp3) is 0.235. The van der Waals surface area contributed by atoms with Gasteiger partial charge in [0.1, 0.15) is 17.2 Å². The van der Waals surface area contributed by atoms with E-state index in [0.717, 1.165) is 18.4 Å². The molecule has 2 N–H and O–H groups in total. The van der Waals surface area contributed by atoms with E-state index < -0.39 is 45.0 Å². The second-order valence-corrected chi connectivity index (χ2v) is 9.15. The number of nitrogens with zero attached hydrogens (tertiary/aromatic N) is 3. The van der Waals surface area contributed by atoms with Crippen LogP contribution < -0.4 is 10.0 Å². The molecule has 0 amide bonds. The maximum Gasteiger partial charge on any atom is 0.230 e. The second kappa shape index (κ2) is 7.65. The van der Waals surface area contributed by atoms with Crippen molar-refractivity contribution in [2.75, 3.05) is 24.1 Å². The molecule has 0 aliphatic carbocycles. The van der Waals surface area contributed by atoms with Crippen LogP contribution in [0.5, 0.6) is 0 Å². The Labute approximate surface area is 177 Å². The smallest absolute Gasteiger partial charge is 0.230 e. The van der Waals surface area contributed by atoms with E-state index in [1.807, 2.05) is 0 Å². The molecule has 2 aromatic heterocycles. The SMILES string of the molecule is CS(=O)(=O)Nc1c(F)ccc(C(=O)c2nn(C3NCCO3)c3ncc(Br)cc23)c1F. The number of halogens is 3. The number of nitrogens with one attached hydrogen (secondary N) is 2. The van der Waals surface area contributed by atoms with E-state index in [4.69, 9.17) is 4.74 Å². The van der Waals surface area contributed by atoms with Gasteiger partial charge in [0.05, 0.1) is 23.8 Å². The Morgan fingerprint density at radius 2 is 2.17 bits per heavy atom. The fourth-order valence-corrected chi connectivity index (χ4v) is 3.92. The quantitative estimate of drug-likeness (QED) is 0.514. The van der Waals surface area contributed by atoms with Gasteiger partial charge in [-0.3, -0.25) is 14.8 Å². The van der Waals surface area contributed by atoms with Gasteiger partial charge in [0.2, 0.25) is 22.2 Å². The summed E-state index contributed by atoms with van der Waals surface area (Å²) in [5.41, 5.74) is -1.31. The molecule has 1 aromatic carbocycles. The van der Waals surface area contributed by atoms with E-state index in [1.165, 1.54) is 10.9 Å². The summed E-state index contributed by atoms with van der Waals surface area (Å²) in [6.45, 7) is 0.998. The number of anilines is 1. The Morgan fingerprint density at radius 1 is 1.40 bits per heavy atom. The van der Waals surface area contributed by atoms with Gasteiger partial charge in [-0.2, -0.15) is 5.10 Å². The molecule has 1 unspecified atom stereocenters. The number of benzene rings is 1. The predicted molar refractivity (Wildman–Crippen MR) is 106 cm³/mol. The van der Waals surface area contributed by atoms with Gasteiger partial charge in [-0.1, -0.05) is 0 Å². The second-order valence-electron chi connectivity index (χ2n) is 6.48. The predicted octanol–water partition coefficient (Wildman–Crippen LogP) is 2.15. The van der Waals surface area contributed by atoms with E-state index in [2.05, 4.69) is 31.3 Å². The van der Waals surface area contributed by atoms with Crippen LogP contribution in [0, 0.1) is 11.6 Å². The minimum absolute atomic E-state index is 0.146. The molecular formula is C17H14BrF2N5O4S. The lowest BCUT2D eigenvalue weighted by atomic mass is 10.0. The zero-order valence-electron chi connectivity index (χ0n) is 15.3. The van der Waals surface area contributed by atoms with Gasteiger partial charge >= 0.3 is 0 Å². The Hall–Kier alpha value is -2.48. The zero-order chi connectivity index (χ0) is 21.6. The lowest BCUT2D eigenvalue weighted by molar-refractivity contribution is 0.0372. The monoisotopic (exact) mass is 501 g/mol. The number of fused-ring (bicyclic) bond motifs is 1. The summed E-state index contributed by atoms with van der Waals surface area (Å²) in [5.74, 6) is -3.37. The average Bonchev–Trinajstić information content (AvgIpc) is 3.31. The fourth-order valence-electron chi connectivity index (χ4n) is 3.03. The highest BCUT2D eigenvalue weighted by atomic mass is 79.9. The topological polar surface area (TPSA) is 115 Å². The van der Waals surface area contributed by atoms with Crippen molar-refractivity contribution in [2.45, 2.75) is 6.35 Å². The molecule has 9 nitrogen and oxygen atoms in total. The molecule has 3 aromatic rings. The van der Waals surface area contributed by atoms with Gasteiger partial charge < -0.3 is 4.74 Å². The van der Waals surface area contributed by atoms with Crippen molar-refractivity contribution in [3.8, 4) is 0 Å². The van der Waals surface area contributed by atoms with Crippen molar-refractivity contribution in [3.63, 3.8) is 0 Å². The number of carbonyl (C=O) groups excluding carboxylic acids is 1. The summed E-state index contributed by atoms with van der Waals surface area (Å²) in [6, 6.07) is 3.32. The third-order valence-electron chi connectivity index (χ3n) is 4.27. The largest absolute Gasteiger partial charge is 0.342 e. The molecule has 1 aliphatic rings. The number of hydrogen-bond acceptors (Lipinski definition) is 7. The lowest BCUT2D eigenvalue weighted by Crippen LogP contribution is -2.22. The van der Waals surface area contributed by atoms with Crippen molar-refractivity contribution in [3.05, 3.63) is 51.8 Å². The Balaban J connectivity index is 1.86. The Morgan fingerprint density at radius 3 is 2.83 bits per heavy atom. The number of sulfonamides is 1. The molecular weight excluding hydrogens is 488 g/mol. The van der Waals surface area contributed by atoms with Crippen LogP contribution in [0.4, 0.5) is 14.5 Å². The van der Waals surface area contributed by atoms with E-state index in [-0.39, 0.29) is 5.69 Å². The van der Waals surface area contributed by atoms with Gasteiger partial charge in [-0.25, -0.2) is 26.9 Å². The summed E-state index contributed by atoms with van der Waals surface area (Å²) in [6.07, 6.45) is 1.59. The molecule has 1 aliphatic heterocycles. The molecule has 1 atom stereocenters. The summed E-state index contributed by atoms with van der Waals surface area (Å²) in [4.78, 5) is 17.4. The zero-order valence-corrected chi connectivity index (χ0v) is 17.7. The third kappa shape index (κ3) is 3.80. The molecule has 0 bridgehead atoms. The normalized spacial score (nSPS) is 16.9. The molecule has 0 radical (unpaired) electrons. The standard InChI is InChI=1S/C17H14BrF2N5O4S/c1-30(27,28)24-14-11(19)3-2-9(12(14)20)15(26)13-10-6-8(18)7-22-16(10)25(23-13)17-21-4-5-29-17/h2-3,6-7,17,21,24H,4-5H2,1H3. The first kappa shape index (κ1) is 20.8. The van der Waals surface area contributed by atoms with E-state index >= 15 is 0 Å². The molecule has 1 saturated heterocycles. The van der Waals surface area contributed by atoms with Crippen molar-refractivity contribution < 1.29 is 26.7 Å². The molecule has 3 heterocycles. The summed E-state index contributed by atoms with van der Waals surface area (Å²) in [5, 5.41) is 7.61. The third-order valence-corrected chi connectivity index (χ3v) is 5.28. The van der Waals surface area contributed by atoms with E-state index in [0.29, 0.717) is 28.7 Å². The van der Waals surface area contributed by atoms with Crippen molar-refractivity contribution in [1.82, 2.24) is 20.1 Å². The van der Waals surface area contributed by atoms with Crippen LogP contribution in [-0.4, -0.2) is 48.4 Å². The highest BCUT2D eigenvalue weighted by Crippen LogP contribution is 2.29. The Kier molecular flexibility index (Phi) is 5.30. The van der Waals surface area contributed by atoms with Crippen molar-refractivity contribution in [1.29, 1.82) is 0 Å². The van der Waals surface area contributed by atoms with Crippen LogP contribution in [0.1, 0.15) is 22.4 Å². The summed E-state index contributed by atoms with van der Waals surface area (Å²) in [7, 11) is -3.98. The van der Waals surface area contributed by atoms with Gasteiger partial charge in [0.25, 0.3) is 0 Å². The average molecular weight is 502 g/mol. The number of hydrogen-bond donors (Lipinski definition) is 2. The number of aromatic nitrogens is 3. The summed E-state index contributed by atoms with van der Waals surface area (Å²) >= 11 is 3.28. The molecule has 1 fully saturated rings. The molecule has 0 saturated carbocycles. The molecule has 30 heavy (non-hydrogen) atoms. The van der Waals surface area contributed by atoms with Crippen LogP contribution in [0.15, 0.2) is 28.9 Å². The first-order valence-corrected chi connectivity index (χ1v) is 11.2. The van der Waals surface area contributed by atoms with Gasteiger partial charge in [0, 0.05) is 17.2 Å². The lowest BCUT2D eigenvalue weighted by Gasteiger charge is -2.10. The first-order valence-electron chi connectivity index (χ1n) is 8.55. The number of ether oxygens (including phenoxy) is 1. The number of rotatable bonds is 5. The highest BCUT2D eigenvalue weighted by Gasteiger charge is 2.29. The van der Waals surface area contributed by atoms with Gasteiger partial charge in [0.15, 0.2) is 11.5 Å². The van der Waals surface area contributed by atoms with Gasteiger partial charge in [-0.15, -0.1) is 0 Å². The van der Waals surface area contributed by atoms with Crippen LogP contribution in [0.25, 0.3) is 11.0 Å². The first-order chi connectivity index (χ1) is 14.2. The van der Waals surface area contributed by atoms with Crippen molar-refractivity contribution >= 4 is 48.5 Å². The van der Waals surface area contributed by atoms with Crippen LogP contribution >= 0.6 is 15.9 Å². The number of pyridine rings is 1. The minimum atomic E-state index is -3.98. The van der Waals surface area contributed by atoms with E-state index in [1.54, 1.807) is 10.8 Å². The van der Waals surface area contributed by atoms with Crippen LogP contribution in [-0.2, 0) is 14.8 Å². The molecule has 13 heteroatoms. The Bertz CT molecular complexity index is 1270. The van der Waals surface area contributed by atoms with Crippen LogP contribution in [0.3, 0.4) is 0 Å². The molecule has 4 rings (SSSR count). The maximum atomic E-state index is 14.9. The van der Waals surface area contributed by atoms with Gasteiger partial charge in [-0.05, 0) is 34.1 Å². The molecule has 158 valence electrons. The number of ketones is 1. The van der Waals surface area contributed by atoms with E-state index in [9.17, 15) is 22.0 Å². The minimum Gasteiger partial charge on any atom is -0.342 e. The highest BCUT2D eigenvalue weighted by molar-refractivity contribution is 9.10. The van der Waals surface area contributed by atoms with Crippen molar-refractivity contribution in [2.24, 2.45) is 0 Å².